The zero-order valence-corrected chi connectivity index (χ0v) is 18.3. The van der Waals surface area contributed by atoms with Crippen molar-refractivity contribution < 1.29 is 14.4 Å². The molecule has 6 heteroatoms. The van der Waals surface area contributed by atoms with E-state index in [1.807, 2.05) is 58.9 Å². The molecule has 160 valence electrons. The normalized spacial score (nSPS) is 11.8. The van der Waals surface area contributed by atoms with E-state index in [-0.39, 0.29) is 29.6 Å². The first-order valence-corrected chi connectivity index (χ1v) is 10.2. The fraction of sp³-hybridized carbons (Fsp3) is 0.375. The van der Waals surface area contributed by atoms with Gasteiger partial charge in [0.1, 0.15) is 6.04 Å². The van der Waals surface area contributed by atoms with Gasteiger partial charge in [-0.1, -0.05) is 57.5 Å². The molecule has 0 saturated heterocycles. The van der Waals surface area contributed by atoms with E-state index < -0.39 is 6.04 Å². The summed E-state index contributed by atoms with van der Waals surface area (Å²) in [6.45, 7) is 9.72. The lowest BCUT2D eigenvalue weighted by Crippen LogP contribution is -2.49. The minimum atomic E-state index is -0.636. The summed E-state index contributed by atoms with van der Waals surface area (Å²) < 4.78 is 0. The first-order valence-electron chi connectivity index (χ1n) is 10.2. The van der Waals surface area contributed by atoms with Gasteiger partial charge in [0.05, 0.1) is 0 Å². The lowest BCUT2D eigenvalue weighted by molar-refractivity contribution is -0.124. The van der Waals surface area contributed by atoms with Gasteiger partial charge in [0, 0.05) is 23.7 Å². The molecule has 2 aromatic carbocycles. The van der Waals surface area contributed by atoms with Gasteiger partial charge < -0.3 is 16.0 Å². The molecule has 3 amide bonds. The summed E-state index contributed by atoms with van der Waals surface area (Å²) in [5.74, 6) is -0.694. The largest absolute Gasteiger partial charge is 0.350 e. The molecule has 0 aliphatic rings. The number of hydrogen-bond donors (Lipinski definition) is 3. The lowest BCUT2D eigenvalue weighted by Gasteiger charge is -2.22. The highest BCUT2D eigenvalue weighted by Crippen LogP contribution is 2.12. The van der Waals surface area contributed by atoms with Crippen LogP contribution in [-0.4, -0.2) is 23.8 Å². The Kier molecular flexibility index (Phi) is 8.16. The van der Waals surface area contributed by atoms with Crippen LogP contribution in [0.3, 0.4) is 0 Å². The maximum Gasteiger partial charge on any atom is 0.251 e. The smallest absolute Gasteiger partial charge is 0.251 e. The fourth-order valence-corrected chi connectivity index (χ4v) is 2.84. The molecule has 0 radical (unpaired) electrons. The van der Waals surface area contributed by atoms with E-state index in [4.69, 9.17) is 0 Å². The molecule has 0 aliphatic heterocycles. The van der Waals surface area contributed by atoms with Gasteiger partial charge in [-0.25, -0.2) is 0 Å². The Bertz CT molecular complexity index is 889. The molecule has 0 fully saturated rings. The summed E-state index contributed by atoms with van der Waals surface area (Å²) in [4.78, 5) is 37.0. The van der Waals surface area contributed by atoms with Gasteiger partial charge in [0.15, 0.2) is 0 Å². The highest BCUT2D eigenvalue weighted by Gasteiger charge is 2.24. The zero-order valence-electron chi connectivity index (χ0n) is 18.3. The van der Waals surface area contributed by atoms with Crippen molar-refractivity contribution in [2.24, 2.45) is 11.8 Å². The Hall–Kier alpha value is -3.15. The van der Waals surface area contributed by atoms with Crippen LogP contribution in [0.5, 0.6) is 0 Å². The Morgan fingerprint density at radius 2 is 1.57 bits per heavy atom. The quantitative estimate of drug-likeness (QED) is 0.622. The number of carbonyl (C=O) groups excluding carboxylic acids is 3. The average molecular weight is 410 g/mol. The van der Waals surface area contributed by atoms with Crippen molar-refractivity contribution in [3.05, 3.63) is 65.2 Å². The number of benzene rings is 2. The van der Waals surface area contributed by atoms with Crippen LogP contribution in [0.2, 0.25) is 0 Å². The van der Waals surface area contributed by atoms with Gasteiger partial charge in [-0.2, -0.15) is 0 Å². The Labute approximate surface area is 178 Å². The molecule has 0 bridgehead atoms. The molecule has 2 aromatic rings. The molecule has 1 unspecified atom stereocenters. The first-order chi connectivity index (χ1) is 14.2. The van der Waals surface area contributed by atoms with Gasteiger partial charge in [-0.3, -0.25) is 14.4 Å². The first kappa shape index (κ1) is 23.1. The van der Waals surface area contributed by atoms with Crippen LogP contribution in [0.4, 0.5) is 5.69 Å². The number of hydrogen-bond acceptors (Lipinski definition) is 3. The predicted molar refractivity (Wildman–Crippen MR) is 119 cm³/mol. The average Bonchev–Trinajstić information content (AvgIpc) is 2.70. The molecule has 0 aliphatic carbocycles. The second-order valence-corrected chi connectivity index (χ2v) is 8.12. The van der Waals surface area contributed by atoms with Crippen LogP contribution in [0.15, 0.2) is 48.5 Å². The van der Waals surface area contributed by atoms with Crippen LogP contribution in [0.1, 0.15) is 49.2 Å². The molecule has 1 atom stereocenters. The van der Waals surface area contributed by atoms with Gasteiger partial charge in [0.25, 0.3) is 5.91 Å². The van der Waals surface area contributed by atoms with Gasteiger partial charge in [-0.15, -0.1) is 0 Å². The molecule has 6 nitrogen and oxygen atoms in total. The van der Waals surface area contributed by atoms with E-state index in [0.29, 0.717) is 17.8 Å². The molecule has 0 heterocycles. The van der Waals surface area contributed by atoms with Crippen molar-refractivity contribution in [3.8, 4) is 0 Å². The van der Waals surface area contributed by atoms with E-state index in [2.05, 4.69) is 16.0 Å². The van der Waals surface area contributed by atoms with E-state index >= 15 is 0 Å². The van der Waals surface area contributed by atoms with Gasteiger partial charge >= 0.3 is 0 Å². The topological polar surface area (TPSA) is 87.3 Å². The van der Waals surface area contributed by atoms with Crippen LogP contribution >= 0.6 is 0 Å². The Balaban J connectivity index is 1.95. The minimum absolute atomic E-state index is 0.0415. The summed E-state index contributed by atoms with van der Waals surface area (Å²) in [6, 6.07) is 14.0. The summed E-state index contributed by atoms with van der Waals surface area (Å²) in [5, 5.41) is 8.56. The highest BCUT2D eigenvalue weighted by atomic mass is 16.2. The number of amides is 3. The van der Waals surface area contributed by atoms with Crippen LogP contribution in [0, 0.1) is 18.8 Å². The van der Waals surface area contributed by atoms with E-state index in [1.165, 1.54) is 0 Å². The molecule has 30 heavy (non-hydrogen) atoms. The maximum atomic E-state index is 12.7. The highest BCUT2D eigenvalue weighted by molar-refractivity contribution is 5.97. The number of anilines is 1. The molecular formula is C24H31N3O3. The third-order valence-corrected chi connectivity index (χ3v) is 4.73. The SMILES string of the molecule is Cc1cccc(C(=O)NC(C(=O)NCc2ccc(NC(=O)C(C)C)cc2)C(C)C)c1. The third-order valence-electron chi connectivity index (χ3n) is 4.73. The Morgan fingerprint density at radius 1 is 0.900 bits per heavy atom. The second-order valence-electron chi connectivity index (χ2n) is 8.12. The number of nitrogens with one attached hydrogen (secondary N) is 3. The summed E-state index contributed by atoms with van der Waals surface area (Å²) in [5.41, 5.74) is 3.14. The summed E-state index contributed by atoms with van der Waals surface area (Å²) in [6.07, 6.45) is 0. The van der Waals surface area contributed by atoms with Crippen molar-refractivity contribution in [1.82, 2.24) is 10.6 Å². The predicted octanol–water partition coefficient (Wildman–Crippen LogP) is 3.66. The van der Waals surface area contributed by atoms with E-state index in [9.17, 15) is 14.4 Å². The minimum Gasteiger partial charge on any atom is -0.350 e. The van der Waals surface area contributed by atoms with Crippen molar-refractivity contribution in [2.75, 3.05) is 5.32 Å². The van der Waals surface area contributed by atoms with Crippen molar-refractivity contribution in [3.63, 3.8) is 0 Å². The zero-order chi connectivity index (χ0) is 22.3. The molecule has 3 N–H and O–H groups in total. The standard InChI is InChI=1S/C24H31N3O3/c1-15(2)21(27-23(29)19-8-6-7-17(5)13-19)24(30)25-14-18-9-11-20(12-10-18)26-22(28)16(3)4/h6-13,15-16,21H,14H2,1-5H3,(H,25,30)(H,26,28)(H,27,29). The number of carbonyl (C=O) groups is 3. The van der Waals surface area contributed by atoms with Crippen LogP contribution < -0.4 is 16.0 Å². The van der Waals surface area contributed by atoms with Gasteiger partial charge in [0.2, 0.25) is 11.8 Å². The fourth-order valence-electron chi connectivity index (χ4n) is 2.84. The maximum absolute atomic E-state index is 12.7. The summed E-state index contributed by atoms with van der Waals surface area (Å²) >= 11 is 0. The van der Waals surface area contributed by atoms with Crippen LogP contribution in [0.25, 0.3) is 0 Å². The van der Waals surface area contributed by atoms with E-state index in [1.54, 1.807) is 24.3 Å². The number of aryl methyl sites for hydroxylation is 1. The molecule has 2 rings (SSSR count). The van der Waals surface area contributed by atoms with Crippen molar-refractivity contribution in [2.45, 2.75) is 47.2 Å². The third kappa shape index (κ3) is 6.72. The lowest BCUT2D eigenvalue weighted by atomic mass is 10.0. The number of rotatable bonds is 8. The molecule has 0 aromatic heterocycles. The van der Waals surface area contributed by atoms with Crippen molar-refractivity contribution in [1.29, 1.82) is 0 Å². The molecule has 0 spiro atoms. The molecule has 0 saturated carbocycles. The van der Waals surface area contributed by atoms with E-state index in [0.717, 1.165) is 11.1 Å². The second kappa shape index (κ2) is 10.6. The van der Waals surface area contributed by atoms with Gasteiger partial charge in [-0.05, 0) is 42.7 Å². The monoisotopic (exact) mass is 409 g/mol. The Morgan fingerprint density at radius 3 is 2.13 bits per heavy atom. The molecular weight excluding hydrogens is 378 g/mol. The summed E-state index contributed by atoms with van der Waals surface area (Å²) in [7, 11) is 0. The van der Waals surface area contributed by atoms with Crippen molar-refractivity contribution >= 4 is 23.4 Å². The van der Waals surface area contributed by atoms with Crippen LogP contribution in [-0.2, 0) is 16.1 Å².